The lowest BCUT2D eigenvalue weighted by molar-refractivity contribution is -0.104. The van der Waals surface area contributed by atoms with Gasteiger partial charge in [0.25, 0.3) is 0 Å². The number of aldehydes is 1. The van der Waals surface area contributed by atoms with Gasteiger partial charge in [-0.05, 0) is 42.6 Å². The largest absolute Gasteiger partial charge is 0.511 e. The van der Waals surface area contributed by atoms with Gasteiger partial charge in [0.15, 0.2) is 6.29 Å². The smallest absolute Gasteiger partial charge is 0.154 e. The molecule has 1 heterocycles. The average Bonchev–Trinajstić information content (AvgIpc) is 2.93. The highest BCUT2D eigenvalue weighted by atomic mass is 16.5. The molecule has 0 aromatic rings. The normalized spacial score (nSPS) is 26.7. The number of ether oxygens (including phenoxy) is 1. The zero-order valence-electron chi connectivity index (χ0n) is 14.1. The van der Waals surface area contributed by atoms with Crippen LogP contribution in [0.2, 0.25) is 0 Å². The van der Waals surface area contributed by atoms with E-state index in [0.29, 0.717) is 30.5 Å². The molecule has 0 bridgehead atoms. The summed E-state index contributed by atoms with van der Waals surface area (Å²) in [5.74, 6) is -0.315. The van der Waals surface area contributed by atoms with Gasteiger partial charge in [-0.1, -0.05) is 26.5 Å². The molecule has 1 fully saturated rings. The molecule has 1 aliphatic rings. The highest BCUT2D eigenvalue weighted by Crippen LogP contribution is 2.36. The predicted octanol–water partition coefficient (Wildman–Crippen LogP) is 4.19. The molecule has 1 saturated heterocycles. The second kappa shape index (κ2) is 8.53. The van der Waals surface area contributed by atoms with Crippen molar-refractivity contribution in [3.05, 3.63) is 59.6 Å². The minimum atomic E-state index is -0.341. The van der Waals surface area contributed by atoms with Gasteiger partial charge in [-0.3, -0.25) is 4.79 Å². The SMILES string of the molecule is C=CC1OCC(C)C1/C(O)=C(C=O)/C(=C/C(O)=C\C)C(=C)CC. The maximum atomic E-state index is 11.7. The van der Waals surface area contributed by atoms with E-state index in [2.05, 4.69) is 13.2 Å². The molecular weight excluding hydrogens is 292 g/mol. The molecule has 0 aromatic carbocycles. The third kappa shape index (κ3) is 4.23. The van der Waals surface area contributed by atoms with Crippen LogP contribution in [-0.4, -0.2) is 29.2 Å². The molecule has 23 heavy (non-hydrogen) atoms. The van der Waals surface area contributed by atoms with Crippen molar-refractivity contribution in [3.8, 4) is 0 Å². The van der Waals surface area contributed by atoms with Gasteiger partial charge in [0, 0.05) is 0 Å². The van der Waals surface area contributed by atoms with E-state index < -0.39 is 0 Å². The van der Waals surface area contributed by atoms with Crippen molar-refractivity contribution in [3.63, 3.8) is 0 Å². The van der Waals surface area contributed by atoms with Crippen molar-refractivity contribution in [2.24, 2.45) is 11.8 Å². The molecule has 0 radical (unpaired) electrons. The Bertz CT molecular complexity index is 566. The van der Waals surface area contributed by atoms with Crippen molar-refractivity contribution >= 4 is 6.29 Å². The van der Waals surface area contributed by atoms with Crippen LogP contribution in [0.25, 0.3) is 0 Å². The number of aliphatic hydroxyl groups excluding tert-OH is 2. The van der Waals surface area contributed by atoms with Crippen LogP contribution in [0.4, 0.5) is 0 Å². The second-order valence-corrected chi connectivity index (χ2v) is 5.68. The summed E-state index contributed by atoms with van der Waals surface area (Å²) in [4.78, 5) is 11.7. The zero-order chi connectivity index (χ0) is 17.6. The van der Waals surface area contributed by atoms with Crippen molar-refractivity contribution in [1.82, 2.24) is 0 Å². The van der Waals surface area contributed by atoms with Crippen LogP contribution in [-0.2, 0) is 9.53 Å². The Hall–Kier alpha value is -2.07. The molecule has 0 spiro atoms. The summed E-state index contributed by atoms with van der Waals surface area (Å²) < 4.78 is 5.58. The molecule has 3 unspecified atom stereocenters. The van der Waals surface area contributed by atoms with Gasteiger partial charge in [0.2, 0.25) is 0 Å². The molecule has 2 N–H and O–H groups in total. The van der Waals surface area contributed by atoms with Crippen molar-refractivity contribution in [1.29, 1.82) is 0 Å². The molecule has 0 aliphatic carbocycles. The van der Waals surface area contributed by atoms with Gasteiger partial charge >= 0.3 is 0 Å². The number of allylic oxidation sites excluding steroid dienone is 5. The number of rotatable bonds is 7. The van der Waals surface area contributed by atoms with E-state index in [1.54, 1.807) is 13.0 Å². The number of carbonyl (C=O) groups is 1. The van der Waals surface area contributed by atoms with E-state index in [1.807, 2.05) is 13.8 Å². The fourth-order valence-corrected chi connectivity index (χ4v) is 2.67. The maximum Gasteiger partial charge on any atom is 0.154 e. The van der Waals surface area contributed by atoms with Crippen LogP contribution in [0.5, 0.6) is 0 Å². The number of hydrogen-bond donors (Lipinski definition) is 2. The van der Waals surface area contributed by atoms with E-state index >= 15 is 0 Å². The Morgan fingerprint density at radius 2 is 2.04 bits per heavy atom. The first-order chi connectivity index (χ1) is 10.9. The van der Waals surface area contributed by atoms with Gasteiger partial charge in [-0.15, -0.1) is 6.58 Å². The standard InChI is InChI=1S/C19H26O4/c1-6-12(4)15(9-14(21)7-2)16(10-20)19(22)18-13(5)11-23-17(18)8-3/h7-10,13,17-18,21-22H,3-4,6,11H2,1-2,5H3/b14-7+,15-9+,19-16-. The molecule has 1 rings (SSSR count). The van der Waals surface area contributed by atoms with Crippen LogP contribution < -0.4 is 0 Å². The highest BCUT2D eigenvalue weighted by Gasteiger charge is 2.37. The summed E-state index contributed by atoms with van der Waals surface area (Å²) in [5.41, 5.74) is 1.24. The molecule has 0 saturated carbocycles. The van der Waals surface area contributed by atoms with Crippen molar-refractivity contribution < 1.29 is 19.7 Å². The van der Waals surface area contributed by atoms with Crippen LogP contribution in [0, 0.1) is 11.8 Å². The van der Waals surface area contributed by atoms with Crippen LogP contribution in [0.1, 0.15) is 27.2 Å². The number of hydrogen-bond acceptors (Lipinski definition) is 4. The second-order valence-electron chi connectivity index (χ2n) is 5.68. The molecule has 3 atom stereocenters. The minimum absolute atomic E-state index is 0.0118. The Labute approximate surface area is 138 Å². The summed E-state index contributed by atoms with van der Waals surface area (Å²) in [6, 6.07) is 0. The lowest BCUT2D eigenvalue weighted by Crippen LogP contribution is -2.22. The lowest BCUT2D eigenvalue weighted by atomic mass is 9.85. The Morgan fingerprint density at radius 3 is 2.52 bits per heavy atom. The molecule has 4 nitrogen and oxygen atoms in total. The van der Waals surface area contributed by atoms with E-state index in [4.69, 9.17) is 4.74 Å². The number of aliphatic hydroxyl groups is 2. The number of carbonyl (C=O) groups excluding carboxylic acids is 1. The van der Waals surface area contributed by atoms with Gasteiger partial charge in [-0.25, -0.2) is 0 Å². The summed E-state index contributed by atoms with van der Waals surface area (Å²) in [5, 5.41) is 20.5. The molecule has 126 valence electrons. The zero-order valence-corrected chi connectivity index (χ0v) is 14.1. The van der Waals surface area contributed by atoms with E-state index in [1.165, 1.54) is 12.2 Å². The summed E-state index contributed by atoms with van der Waals surface area (Å²) in [6.07, 6.45) is 5.46. The van der Waals surface area contributed by atoms with Gasteiger partial charge < -0.3 is 14.9 Å². The molecule has 4 heteroatoms. The fraction of sp³-hybridized carbons (Fsp3) is 0.421. The summed E-state index contributed by atoms with van der Waals surface area (Å²) in [7, 11) is 0. The minimum Gasteiger partial charge on any atom is -0.511 e. The quantitative estimate of drug-likeness (QED) is 0.243. The van der Waals surface area contributed by atoms with Gasteiger partial charge in [-0.2, -0.15) is 0 Å². The summed E-state index contributed by atoms with van der Waals surface area (Å²) >= 11 is 0. The third-order valence-electron chi connectivity index (χ3n) is 4.15. The van der Waals surface area contributed by atoms with E-state index in [-0.39, 0.29) is 35.0 Å². The molecular formula is C19H26O4. The van der Waals surface area contributed by atoms with Crippen LogP contribution >= 0.6 is 0 Å². The first-order valence-corrected chi connectivity index (χ1v) is 7.79. The van der Waals surface area contributed by atoms with Gasteiger partial charge in [0.05, 0.1) is 24.2 Å². The monoisotopic (exact) mass is 318 g/mol. The average molecular weight is 318 g/mol. The first kappa shape index (κ1) is 19.0. The van der Waals surface area contributed by atoms with E-state index in [0.717, 1.165) is 0 Å². The fourth-order valence-electron chi connectivity index (χ4n) is 2.67. The molecule has 1 aliphatic heterocycles. The Balaban J connectivity index is 3.45. The topological polar surface area (TPSA) is 66.8 Å². The van der Waals surface area contributed by atoms with Gasteiger partial charge in [0.1, 0.15) is 11.5 Å². The molecule has 0 amide bonds. The van der Waals surface area contributed by atoms with E-state index in [9.17, 15) is 15.0 Å². The van der Waals surface area contributed by atoms with Crippen molar-refractivity contribution in [2.75, 3.05) is 6.61 Å². The third-order valence-corrected chi connectivity index (χ3v) is 4.15. The Kier molecular flexibility index (Phi) is 7.04. The van der Waals surface area contributed by atoms with Crippen molar-refractivity contribution in [2.45, 2.75) is 33.3 Å². The van der Waals surface area contributed by atoms with Crippen LogP contribution in [0.15, 0.2) is 59.6 Å². The summed E-state index contributed by atoms with van der Waals surface area (Å²) in [6.45, 7) is 13.7. The maximum absolute atomic E-state index is 11.7. The lowest BCUT2D eigenvalue weighted by Gasteiger charge is -2.21. The van der Waals surface area contributed by atoms with Crippen LogP contribution in [0.3, 0.4) is 0 Å². The first-order valence-electron chi connectivity index (χ1n) is 7.79. The molecule has 0 aromatic heterocycles. The Morgan fingerprint density at radius 1 is 1.39 bits per heavy atom. The predicted molar refractivity (Wildman–Crippen MR) is 92.2 cm³/mol. The highest BCUT2D eigenvalue weighted by molar-refractivity contribution is 5.84.